The van der Waals surface area contributed by atoms with Crippen molar-refractivity contribution in [1.82, 2.24) is 4.98 Å². The van der Waals surface area contributed by atoms with Gasteiger partial charge in [-0.1, -0.05) is 6.07 Å². The van der Waals surface area contributed by atoms with Gasteiger partial charge >= 0.3 is 5.97 Å². The lowest BCUT2D eigenvalue weighted by Gasteiger charge is -1.89. The molecule has 94 valence electrons. The van der Waals surface area contributed by atoms with E-state index in [1.807, 2.05) is 18.2 Å². The molecule has 1 aromatic rings. The number of aliphatic hydroxyl groups is 1. The van der Waals surface area contributed by atoms with Gasteiger partial charge in [-0.3, -0.25) is 9.78 Å². The SMILES string of the molecule is CCO.CCOC(C)=O.O.c1ccncc1. The van der Waals surface area contributed by atoms with Crippen molar-refractivity contribution in [2.75, 3.05) is 13.2 Å². The van der Waals surface area contributed by atoms with Crippen molar-refractivity contribution in [3.05, 3.63) is 30.6 Å². The Morgan fingerprint density at radius 1 is 1.25 bits per heavy atom. The Hall–Kier alpha value is -1.46. The molecule has 5 nitrogen and oxygen atoms in total. The quantitative estimate of drug-likeness (QED) is 0.724. The van der Waals surface area contributed by atoms with Gasteiger partial charge in [0.1, 0.15) is 0 Å². The van der Waals surface area contributed by atoms with Gasteiger partial charge in [-0.2, -0.15) is 0 Å². The number of carbonyl (C=O) groups excluding carboxylic acids is 1. The number of carbonyl (C=O) groups is 1. The summed E-state index contributed by atoms with van der Waals surface area (Å²) < 4.78 is 4.40. The third-order valence-electron chi connectivity index (χ3n) is 0.914. The number of ether oxygens (including phenoxy) is 1. The van der Waals surface area contributed by atoms with Crippen LogP contribution in [0.5, 0.6) is 0 Å². The Labute approximate surface area is 96.4 Å². The normalized spacial score (nSPS) is 7.00. The number of esters is 1. The fourth-order valence-electron chi connectivity index (χ4n) is 0.516. The van der Waals surface area contributed by atoms with Crippen LogP contribution in [0.2, 0.25) is 0 Å². The lowest BCUT2D eigenvalue weighted by Crippen LogP contribution is -1.95. The summed E-state index contributed by atoms with van der Waals surface area (Å²) in [6.45, 7) is 5.58. The number of hydrogen-bond donors (Lipinski definition) is 1. The van der Waals surface area contributed by atoms with Gasteiger partial charge in [-0.25, -0.2) is 0 Å². The molecule has 0 unspecified atom stereocenters. The first kappa shape index (κ1) is 20.0. The van der Waals surface area contributed by atoms with Crippen molar-refractivity contribution in [1.29, 1.82) is 0 Å². The van der Waals surface area contributed by atoms with E-state index < -0.39 is 0 Å². The second-order valence-corrected chi connectivity index (χ2v) is 2.27. The minimum Gasteiger partial charge on any atom is -0.466 e. The van der Waals surface area contributed by atoms with Crippen molar-refractivity contribution < 1.29 is 20.1 Å². The Morgan fingerprint density at radius 2 is 1.69 bits per heavy atom. The molecule has 1 aromatic heterocycles. The van der Waals surface area contributed by atoms with Crippen LogP contribution >= 0.6 is 0 Å². The number of aromatic nitrogens is 1. The molecule has 3 N–H and O–H groups in total. The van der Waals surface area contributed by atoms with Crippen LogP contribution in [0.3, 0.4) is 0 Å². The average Bonchev–Trinajstić information content (AvgIpc) is 2.22. The van der Waals surface area contributed by atoms with Crippen LogP contribution in [0.25, 0.3) is 0 Å². The zero-order valence-corrected chi connectivity index (χ0v) is 10.0. The molecule has 0 atom stereocenters. The molecule has 0 saturated carbocycles. The molecule has 16 heavy (non-hydrogen) atoms. The highest BCUT2D eigenvalue weighted by Crippen LogP contribution is 1.73. The van der Waals surface area contributed by atoms with Gasteiger partial charge in [-0.15, -0.1) is 0 Å². The maximum absolute atomic E-state index is 9.82. The minimum absolute atomic E-state index is 0. The maximum atomic E-state index is 9.82. The van der Waals surface area contributed by atoms with E-state index in [0.29, 0.717) is 6.61 Å². The van der Waals surface area contributed by atoms with E-state index in [-0.39, 0.29) is 18.1 Å². The number of nitrogens with zero attached hydrogens (tertiary/aromatic N) is 1. The summed E-state index contributed by atoms with van der Waals surface area (Å²) in [7, 11) is 0. The molecular weight excluding hydrogens is 210 g/mol. The molecule has 0 aromatic carbocycles. The molecule has 0 spiro atoms. The van der Waals surface area contributed by atoms with Crippen LogP contribution < -0.4 is 0 Å². The van der Waals surface area contributed by atoms with Crippen LogP contribution in [0.4, 0.5) is 0 Å². The topological polar surface area (TPSA) is 90.9 Å². The summed E-state index contributed by atoms with van der Waals surface area (Å²) in [6, 6.07) is 5.72. The Balaban J connectivity index is -0.000000163. The van der Waals surface area contributed by atoms with E-state index in [0.717, 1.165) is 0 Å². The fourth-order valence-corrected chi connectivity index (χ4v) is 0.516. The molecule has 0 aliphatic carbocycles. The van der Waals surface area contributed by atoms with Gasteiger partial charge in [0.2, 0.25) is 0 Å². The first-order chi connectivity index (χ1) is 7.18. The number of rotatable bonds is 1. The first-order valence-corrected chi connectivity index (χ1v) is 4.78. The molecule has 1 heterocycles. The molecule has 5 heteroatoms. The van der Waals surface area contributed by atoms with Crippen molar-refractivity contribution in [2.24, 2.45) is 0 Å². The van der Waals surface area contributed by atoms with Gasteiger partial charge in [0.15, 0.2) is 0 Å². The highest BCUT2D eigenvalue weighted by atomic mass is 16.5. The van der Waals surface area contributed by atoms with E-state index in [2.05, 4.69) is 9.72 Å². The van der Waals surface area contributed by atoms with E-state index in [1.54, 1.807) is 26.2 Å². The minimum atomic E-state index is -0.211. The molecule has 0 radical (unpaired) electrons. The van der Waals surface area contributed by atoms with E-state index >= 15 is 0 Å². The van der Waals surface area contributed by atoms with Crippen molar-refractivity contribution in [2.45, 2.75) is 20.8 Å². The van der Waals surface area contributed by atoms with Gasteiger partial charge in [-0.05, 0) is 26.0 Å². The Morgan fingerprint density at radius 3 is 1.75 bits per heavy atom. The first-order valence-electron chi connectivity index (χ1n) is 4.78. The molecule has 0 saturated heterocycles. The van der Waals surface area contributed by atoms with Gasteiger partial charge in [0.05, 0.1) is 6.61 Å². The van der Waals surface area contributed by atoms with Gasteiger partial charge < -0.3 is 15.3 Å². The molecule has 0 aliphatic rings. The van der Waals surface area contributed by atoms with Crippen LogP contribution in [0.15, 0.2) is 30.6 Å². The van der Waals surface area contributed by atoms with Crippen LogP contribution in [-0.2, 0) is 9.53 Å². The second-order valence-electron chi connectivity index (χ2n) is 2.27. The lowest BCUT2D eigenvalue weighted by atomic mass is 10.5. The number of aliphatic hydroxyl groups excluding tert-OH is 1. The van der Waals surface area contributed by atoms with E-state index in [1.165, 1.54) is 6.92 Å². The summed E-state index contributed by atoms with van der Waals surface area (Å²) in [5.74, 6) is -0.211. The summed E-state index contributed by atoms with van der Waals surface area (Å²) in [4.78, 5) is 13.6. The van der Waals surface area contributed by atoms with E-state index in [9.17, 15) is 4.79 Å². The van der Waals surface area contributed by atoms with Crippen molar-refractivity contribution >= 4 is 5.97 Å². The second kappa shape index (κ2) is 19.2. The summed E-state index contributed by atoms with van der Waals surface area (Å²) in [5.41, 5.74) is 0. The van der Waals surface area contributed by atoms with Gasteiger partial charge in [0, 0.05) is 25.9 Å². The predicted octanol–water partition coefficient (Wildman–Crippen LogP) is 0.825. The summed E-state index contributed by atoms with van der Waals surface area (Å²) in [5, 5.41) is 7.57. The Kier molecular flexibility index (Phi) is 24.0. The predicted molar refractivity (Wildman–Crippen MR) is 62.9 cm³/mol. The highest BCUT2D eigenvalue weighted by molar-refractivity contribution is 5.65. The van der Waals surface area contributed by atoms with E-state index in [4.69, 9.17) is 5.11 Å². The molecule has 0 amide bonds. The number of pyridine rings is 1. The van der Waals surface area contributed by atoms with Crippen LogP contribution in [-0.4, -0.2) is 34.7 Å². The summed E-state index contributed by atoms with van der Waals surface area (Å²) in [6.07, 6.45) is 3.50. The third kappa shape index (κ3) is 29.4. The largest absolute Gasteiger partial charge is 0.466 e. The molecular formula is C11H21NO4. The average molecular weight is 231 g/mol. The van der Waals surface area contributed by atoms with Crippen LogP contribution in [0.1, 0.15) is 20.8 Å². The molecule has 1 rings (SSSR count). The standard InChI is InChI=1S/C5H5N.C4H8O2.C2H6O.H2O/c1-2-4-6-5-3-1;1-3-6-4(2)5;1-2-3;/h1-5H;3H2,1-2H3;3H,2H2,1H3;1H2. The van der Waals surface area contributed by atoms with Crippen molar-refractivity contribution in [3.63, 3.8) is 0 Å². The maximum Gasteiger partial charge on any atom is 0.302 e. The fraction of sp³-hybridized carbons (Fsp3) is 0.455. The smallest absolute Gasteiger partial charge is 0.302 e. The molecule has 0 aliphatic heterocycles. The number of hydrogen-bond acceptors (Lipinski definition) is 4. The third-order valence-corrected chi connectivity index (χ3v) is 0.914. The Bertz CT molecular complexity index is 190. The van der Waals surface area contributed by atoms with Gasteiger partial charge in [0.25, 0.3) is 0 Å². The lowest BCUT2D eigenvalue weighted by molar-refractivity contribution is -0.140. The highest BCUT2D eigenvalue weighted by Gasteiger charge is 1.81. The molecule has 0 bridgehead atoms. The van der Waals surface area contributed by atoms with Crippen LogP contribution in [0, 0.1) is 0 Å². The summed E-state index contributed by atoms with van der Waals surface area (Å²) >= 11 is 0. The zero-order chi connectivity index (χ0) is 11.9. The zero-order valence-electron chi connectivity index (χ0n) is 10.0. The monoisotopic (exact) mass is 231 g/mol. The van der Waals surface area contributed by atoms with Crippen molar-refractivity contribution in [3.8, 4) is 0 Å². The molecule has 0 fully saturated rings.